The van der Waals surface area contributed by atoms with Crippen LogP contribution in [0.4, 0.5) is 0 Å². The molecule has 0 bridgehead atoms. The quantitative estimate of drug-likeness (QED) is 0.908. The van der Waals surface area contributed by atoms with Crippen LogP contribution in [0, 0.1) is 5.92 Å². The molecular formula is C18H26N2. The maximum absolute atomic E-state index is 3.84. The monoisotopic (exact) mass is 270 g/mol. The van der Waals surface area contributed by atoms with Crippen molar-refractivity contribution in [1.29, 1.82) is 0 Å². The lowest BCUT2D eigenvalue weighted by Crippen LogP contribution is -2.51. The van der Waals surface area contributed by atoms with Gasteiger partial charge in [-0.3, -0.25) is 0 Å². The van der Waals surface area contributed by atoms with E-state index in [-0.39, 0.29) is 0 Å². The third-order valence-electron chi connectivity index (χ3n) is 5.65. The minimum absolute atomic E-state index is 0.375. The average Bonchev–Trinajstić information content (AvgIpc) is 3.24. The van der Waals surface area contributed by atoms with Gasteiger partial charge in [-0.25, -0.2) is 0 Å². The van der Waals surface area contributed by atoms with Gasteiger partial charge in [0.25, 0.3) is 0 Å². The topological polar surface area (TPSA) is 15.3 Å². The summed E-state index contributed by atoms with van der Waals surface area (Å²) in [5.41, 5.74) is 3.56. The fourth-order valence-electron chi connectivity index (χ4n) is 4.26. The molecule has 1 N–H and O–H groups in total. The minimum atomic E-state index is 0.375. The molecule has 2 aliphatic carbocycles. The number of hydrogen-bond donors (Lipinski definition) is 1. The van der Waals surface area contributed by atoms with Crippen LogP contribution >= 0.6 is 0 Å². The Kier molecular flexibility index (Phi) is 3.12. The zero-order valence-corrected chi connectivity index (χ0v) is 12.6. The molecule has 1 saturated heterocycles. The van der Waals surface area contributed by atoms with Crippen molar-refractivity contribution >= 4 is 0 Å². The smallest absolute Gasteiger partial charge is 0.0308 e. The molecule has 2 nitrogen and oxygen atoms in total. The molecule has 1 aromatic rings. The molecule has 1 saturated carbocycles. The van der Waals surface area contributed by atoms with Crippen LogP contribution in [-0.2, 0) is 6.42 Å². The highest BCUT2D eigenvalue weighted by Gasteiger charge is 2.43. The Morgan fingerprint density at radius 1 is 1.30 bits per heavy atom. The van der Waals surface area contributed by atoms with Crippen molar-refractivity contribution in [3.05, 3.63) is 35.4 Å². The van der Waals surface area contributed by atoms with Crippen molar-refractivity contribution in [1.82, 2.24) is 10.2 Å². The standard InChI is InChI=1S/C18H26N2/c1-18(16-7-8-16)13-20(10-4-9-19-18)12-15-11-14-5-2-3-6-17(14)15/h2-3,5-6,15-16,19H,4,7-13H2,1H3. The van der Waals surface area contributed by atoms with Gasteiger partial charge in [0.1, 0.15) is 0 Å². The summed E-state index contributed by atoms with van der Waals surface area (Å²) in [4.78, 5) is 2.74. The van der Waals surface area contributed by atoms with E-state index >= 15 is 0 Å². The summed E-state index contributed by atoms with van der Waals surface area (Å²) < 4.78 is 0. The number of rotatable bonds is 3. The lowest BCUT2D eigenvalue weighted by atomic mass is 9.77. The third kappa shape index (κ3) is 2.29. The molecule has 2 atom stereocenters. The normalized spacial score (nSPS) is 34.1. The summed E-state index contributed by atoms with van der Waals surface area (Å²) in [6.07, 6.45) is 5.46. The highest BCUT2D eigenvalue weighted by atomic mass is 15.2. The van der Waals surface area contributed by atoms with Gasteiger partial charge in [-0.15, -0.1) is 0 Å². The summed E-state index contributed by atoms with van der Waals surface area (Å²) in [7, 11) is 0. The van der Waals surface area contributed by atoms with Gasteiger partial charge >= 0.3 is 0 Å². The van der Waals surface area contributed by atoms with Crippen LogP contribution < -0.4 is 5.32 Å². The van der Waals surface area contributed by atoms with Gasteiger partial charge in [-0.1, -0.05) is 24.3 Å². The first-order valence-electron chi connectivity index (χ1n) is 8.30. The second-order valence-corrected chi connectivity index (χ2v) is 7.31. The maximum atomic E-state index is 3.84. The molecule has 2 unspecified atom stereocenters. The highest BCUT2D eigenvalue weighted by Crippen LogP contribution is 2.41. The third-order valence-corrected chi connectivity index (χ3v) is 5.65. The van der Waals surface area contributed by atoms with Crippen molar-refractivity contribution in [2.45, 2.75) is 44.1 Å². The Bertz CT molecular complexity index is 494. The van der Waals surface area contributed by atoms with Crippen molar-refractivity contribution < 1.29 is 0 Å². The predicted molar refractivity (Wildman–Crippen MR) is 83.1 cm³/mol. The fraction of sp³-hybridized carbons (Fsp3) is 0.667. The number of fused-ring (bicyclic) bond motifs is 1. The van der Waals surface area contributed by atoms with Gasteiger partial charge in [0.15, 0.2) is 0 Å². The Labute approximate surface area is 122 Å². The van der Waals surface area contributed by atoms with E-state index in [1.807, 2.05) is 0 Å². The Morgan fingerprint density at radius 2 is 2.15 bits per heavy atom. The van der Waals surface area contributed by atoms with Gasteiger partial charge in [0.2, 0.25) is 0 Å². The molecule has 1 aliphatic heterocycles. The van der Waals surface area contributed by atoms with Crippen LogP contribution in [0.15, 0.2) is 24.3 Å². The first kappa shape index (κ1) is 12.8. The number of benzene rings is 1. The van der Waals surface area contributed by atoms with E-state index in [1.165, 1.54) is 51.9 Å². The predicted octanol–water partition coefficient (Wildman–Crippen LogP) is 2.79. The lowest BCUT2D eigenvalue weighted by Gasteiger charge is -2.38. The second kappa shape index (κ2) is 4.85. The first-order chi connectivity index (χ1) is 9.74. The first-order valence-corrected chi connectivity index (χ1v) is 8.30. The van der Waals surface area contributed by atoms with Crippen molar-refractivity contribution in [3.63, 3.8) is 0 Å². The number of hydrogen-bond acceptors (Lipinski definition) is 2. The van der Waals surface area contributed by atoms with Crippen LogP contribution in [0.25, 0.3) is 0 Å². The van der Waals surface area contributed by atoms with Crippen LogP contribution in [-0.4, -0.2) is 36.6 Å². The van der Waals surface area contributed by atoms with E-state index in [2.05, 4.69) is 41.4 Å². The average molecular weight is 270 g/mol. The Hall–Kier alpha value is -0.860. The van der Waals surface area contributed by atoms with Gasteiger partial charge < -0.3 is 10.2 Å². The molecule has 1 aromatic carbocycles. The van der Waals surface area contributed by atoms with E-state index < -0.39 is 0 Å². The lowest BCUT2D eigenvalue weighted by molar-refractivity contribution is 0.188. The van der Waals surface area contributed by atoms with Gasteiger partial charge in [-0.05, 0) is 62.7 Å². The summed E-state index contributed by atoms with van der Waals surface area (Å²) >= 11 is 0. The Morgan fingerprint density at radius 3 is 2.95 bits per heavy atom. The van der Waals surface area contributed by atoms with Gasteiger partial charge in [0.05, 0.1) is 0 Å². The number of nitrogens with zero attached hydrogens (tertiary/aromatic N) is 1. The van der Waals surface area contributed by atoms with Crippen LogP contribution in [0.3, 0.4) is 0 Å². The molecule has 2 fully saturated rings. The molecule has 0 aromatic heterocycles. The SMILES string of the molecule is CC1(C2CC2)CN(CC2Cc3ccccc32)CCCN1. The summed E-state index contributed by atoms with van der Waals surface area (Å²) in [5.74, 6) is 1.71. The molecule has 108 valence electrons. The zero-order valence-electron chi connectivity index (χ0n) is 12.6. The molecular weight excluding hydrogens is 244 g/mol. The molecule has 0 radical (unpaired) electrons. The van der Waals surface area contributed by atoms with E-state index in [1.54, 1.807) is 11.1 Å². The van der Waals surface area contributed by atoms with E-state index in [0.717, 1.165) is 11.8 Å². The van der Waals surface area contributed by atoms with Gasteiger partial charge in [0, 0.05) is 24.5 Å². The Balaban J connectivity index is 1.43. The van der Waals surface area contributed by atoms with Crippen LogP contribution in [0.5, 0.6) is 0 Å². The molecule has 0 spiro atoms. The molecule has 3 aliphatic rings. The molecule has 4 rings (SSSR count). The van der Waals surface area contributed by atoms with E-state index in [9.17, 15) is 0 Å². The van der Waals surface area contributed by atoms with Crippen LogP contribution in [0.2, 0.25) is 0 Å². The summed E-state index contributed by atoms with van der Waals surface area (Å²) in [5, 5.41) is 3.84. The summed E-state index contributed by atoms with van der Waals surface area (Å²) in [6, 6.07) is 9.00. The minimum Gasteiger partial charge on any atom is -0.310 e. The highest BCUT2D eigenvalue weighted by molar-refractivity contribution is 5.40. The zero-order chi connectivity index (χ0) is 13.6. The van der Waals surface area contributed by atoms with E-state index in [4.69, 9.17) is 0 Å². The largest absolute Gasteiger partial charge is 0.310 e. The van der Waals surface area contributed by atoms with Crippen molar-refractivity contribution in [2.24, 2.45) is 5.92 Å². The maximum Gasteiger partial charge on any atom is 0.0308 e. The molecule has 2 heteroatoms. The van der Waals surface area contributed by atoms with E-state index in [0.29, 0.717) is 5.54 Å². The molecule has 0 amide bonds. The molecule has 20 heavy (non-hydrogen) atoms. The van der Waals surface area contributed by atoms with Gasteiger partial charge in [-0.2, -0.15) is 0 Å². The van der Waals surface area contributed by atoms with Crippen molar-refractivity contribution in [2.75, 3.05) is 26.2 Å². The number of nitrogens with one attached hydrogen (secondary N) is 1. The fourth-order valence-corrected chi connectivity index (χ4v) is 4.26. The second-order valence-electron chi connectivity index (χ2n) is 7.31. The molecule has 1 heterocycles. The van der Waals surface area contributed by atoms with Crippen LogP contribution in [0.1, 0.15) is 43.2 Å². The van der Waals surface area contributed by atoms with Crippen molar-refractivity contribution in [3.8, 4) is 0 Å². The summed E-state index contributed by atoms with van der Waals surface area (Å²) in [6.45, 7) is 7.44.